The summed E-state index contributed by atoms with van der Waals surface area (Å²) in [5.41, 5.74) is 0.835. The normalized spacial score (nSPS) is 16.7. The van der Waals surface area contributed by atoms with E-state index in [2.05, 4.69) is 10.2 Å². The third kappa shape index (κ3) is 4.63. The van der Waals surface area contributed by atoms with Crippen molar-refractivity contribution < 1.29 is 14.0 Å². The van der Waals surface area contributed by atoms with Crippen molar-refractivity contribution in [3.63, 3.8) is 0 Å². The number of carbonyl (C=O) groups is 2. The zero-order chi connectivity index (χ0) is 15.2. The van der Waals surface area contributed by atoms with Crippen LogP contribution in [0.25, 0.3) is 0 Å². The molecule has 21 heavy (non-hydrogen) atoms. The van der Waals surface area contributed by atoms with E-state index in [0.29, 0.717) is 13.0 Å². The number of nitrogens with one attached hydrogen (secondary N) is 1. The van der Waals surface area contributed by atoms with Crippen LogP contribution in [0.3, 0.4) is 0 Å². The molecule has 1 aliphatic rings. The van der Waals surface area contributed by atoms with Gasteiger partial charge in [-0.25, -0.2) is 4.39 Å². The van der Waals surface area contributed by atoms with Crippen LogP contribution in [0.15, 0.2) is 24.3 Å². The van der Waals surface area contributed by atoms with Gasteiger partial charge in [0, 0.05) is 19.4 Å². The summed E-state index contributed by atoms with van der Waals surface area (Å²) in [6.07, 6.45) is 1.92. The molecule has 1 fully saturated rings. The van der Waals surface area contributed by atoms with E-state index >= 15 is 0 Å². The lowest BCUT2D eigenvalue weighted by Gasteiger charge is -2.30. The van der Waals surface area contributed by atoms with Crippen molar-refractivity contribution in [2.24, 2.45) is 5.92 Å². The second-order valence-corrected chi connectivity index (χ2v) is 5.51. The topological polar surface area (TPSA) is 49.4 Å². The van der Waals surface area contributed by atoms with Gasteiger partial charge in [0.05, 0.1) is 6.54 Å². The van der Waals surface area contributed by atoms with E-state index < -0.39 is 0 Å². The number of amides is 1. The van der Waals surface area contributed by atoms with Gasteiger partial charge < -0.3 is 5.32 Å². The molecule has 1 heterocycles. The molecular weight excluding hydrogens is 271 g/mol. The maximum atomic E-state index is 12.8. The van der Waals surface area contributed by atoms with Gasteiger partial charge in [0.15, 0.2) is 5.78 Å². The first-order chi connectivity index (χ1) is 10.1. The SMILES string of the molecule is CNC(=O)C1CCN(CC(=O)Cc2ccc(F)cc2)CC1. The highest BCUT2D eigenvalue weighted by Crippen LogP contribution is 2.17. The molecule has 5 heteroatoms. The summed E-state index contributed by atoms with van der Waals surface area (Å²) in [6, 6.07) is 6.03. The molecule has 0 atom stereocenters. The lowest BCUT2D eigenvalue weighted by molar-refractivity contribution is -0.126. The van der Waals surface area contributed by atoms with E-state index in [1.165, 1.54) is 12.1 Å². The van der Waals surface area contributed by atoms with Gasteiger partial charge in [0.1, 0.15) is 5.82 Å². The van der Waals surface area contributed by atoms with Crippen LogP contribution in [-0.2, 0) is 16.0 Å². The Morgan fingerprint density at radius 2 is 1.86 bits per heavy atom. The molecule has 0 saturated carbocycles. The van der Waals surface area contributed by atoms with E-state index in [1.807, 2.05) is 0 Å². The zero-order valence-corrected chi connectivity index (χ0v) is 12.3. The number of benzene rings is 1. The first kappa shape index (κ1) is 15.6. The number of carbonyl (C=O) groups excluding carboxylic acids is 2. The van der Waals surface area contributed by atoms with E-state index in [0.717, 1.165) is 31.5 Å². The predicted octanol–water partition coefficient (Wildman–Crippen LogP) is 1.40. The molecule has 1 saturated heterocycles. The molecule has 0 bridgehead atoms. The minimum absolute atomic E-state index is 0.0680. The first-order valence-electron chi connectivity index (χ1n) is 7.28. The van der Waals surface area contributed by atoms with Gasteiger partial charge >= 0.3 is 0 Å². The molecule has 1 amide bonds. The zero-order valence-electron chi connectivity index (χ0n) is 12.3. The Morgan fingerprint density at radius 3 is 2.43 bits per heavy atom. The summed E-state index contributed by atoms with van der Waals surface area (Å²) in [5, 5.41) is 2.67. The van der Waals surface area contributed by atoms with Crippen LogP contribution < -0.4 is 5.32 Å². The molecule has 2 rings (SSSR count). The Labute approximate surface area is 124 Å². The molecule has 0 aliphatic carbocycles. The average Bonchev–Trinajstić information content (AvgIpc) is 2.49. The van der Waals surface area contributed by atoms with Crippen LogP contribution in [0, 0.1) is 11.7 Å². The highest BCUT2D eigenvalue weighted by atomic mass is 19.1. The fraction of sp³-hybridized carbons (Fsp3) is 0.500. The minimum Gasteiger partial charge on any atom is -0.359 e. The van der Waals surface area contributed by atoms with Crippen LogP contribution in [0.1, 0.15) is 18.4 Å². The lowest BCUT2D eigenvalue weighted by atomic mass is 9.95. The van der Waals surface area contributed by atoms with Crippen molar-refractivity contribution in [3.8, 4) is 0 Å². The summed E-state index contributed by atoms with van der Waals surface area (Å²) >= 11 is 0. The van der Waals surface area contributed by atoms with Crippen molar-refractivity contribution in [2.45, 2.75) is 19.3 Å². The summed E-state index contributed by atoms with van der Waals surface area (Å²) in [7, 11) is 1.65. The van der Waals surface area contributed by atoms with Crippen LogP contribution in [0.2, 0.25) is 0 Å². The van der Waals surface area contributed by atoms with Crippen LogP contribution in [0.4, 0.5) is 4.39 Å². The third-order valence-electron chi connectivity index (χ3n) is 3.92. The molecule has 0 unspecified atom stereocenters. The fourth-order valence-corrected chi connectivity index (χ4v) is 2.69. The van der Waals surface area contributed by atoms with Crippen LogP contribution in [0.5, 0.6) is 0 Å². The molecule has 0 aromatic heterocycles. The van der Waals surface area contributed by atoms with Crippen molar-refractivity contribution in [2.75, 3.05) is 26.7 Å². The Hall–Kier alpha value is -1.75. The summed E-state index contributed by atoms with van der Waals surface area (Å²) in [4.78, 5) is 25.6. The molecule has 1 aromatic rings. The highest BCUT2D eigenvalue weighted by Gasteiger charge is 2.24. The average molecular weight is 292 g/mol. The predicted molar refractivity (Wildman–Crippen MR) is 78.3 cm³/mol. The summed E-state index contributed by atoms with van der Waals surface area (Å²) in [5.74, 6) is -0.00628. The molecule has 1 aromatic carbocycles. The Kier molecular flexibility index (Phi) is 5.44. The van der Waals surface area contributed by atoms with Gasteiger partial charge in [-0.15, -0.1) is 0 Å². The smallest absolute Gasteiger partial charge is 0.222 e. The number of ketones is 1. The fourth-order valence-electron chi connectivity index (χ4n) is 2.69. The van der Waals surface area contributed by atoms with Gasteiger partial charge in [-0.3, -0.25) is 14.5 Å². The number of nitrogens with zero attached hydrogens (tertiary/aromatic N) is 1. The van der Waals surface area contributed by atoms with Crippen molar-refractivity contribution in [3.05, 3.63) is 35.6 Å². The molecule has 0 radical (unpaired) electrons. The number of piperidine rings is 1. The number of likely N-dealkylation sites (tertiary alicyclic amines) is 1. The standard InChI is InChI=1S/C16H21FN2O2/c1-18-16(21)13-6-8-19(9-7-13)11-15(20)10-12-2-4-14(17)5-3-12/h2-5,13H,6-11H2,1H3,(H,18,21). The minimum atomic E-state index is -0.289. The van der Waals surface area contributed by atoms with Crippen LogP contribution >= 0.6 is 0 Å². The quantitative estimate of drug-likeness (QED) is 0.892. The number of hydrogen-bond donors (Lipinski definition) is 1. The number of hydrogen-bond acceptors (Lipinski definition) is 3. The van der Waals surface area contributed by atoms with Gasteiger partial charge in [-0.1, -0.05) is 12.1 Å². The van der Waals surface area contributed by atoms with Gasteiger partial charge in [-0.05, 0) is 43.6 Å². The highest BCUT2D eigenvalue weighted by molar-refractivity contribution is 5.83. The largest absolute Gasteiger partial charge is 0.359 e. The molecular formula is C16H21FN2O2. The van der Waals surface area contributed by atoms with Gasteiger partial charge in [0.2, 0.25) is 5.91 Å². The van der Waals surface area contributed by atoms with Gasteiger partial charge in [0.25, 0.3) is 0 Å². The van der Waals surface area contributed by atoms with Crippen LogP contribution in [-0.4, -0.2) is 43.3 Å². The molecule has 114 valence electrons. The molecule has 1 N–H and O–H groups in total. The Morgan fingerprint density at radius 1 is 1.24 bits per heavy atom. The van der Waals surface area contributed by atoms with Crippen molar-refractivity contribution in [1.29, 1.82) is 0 Å². The maximum Gasteiger partial charge on any atom is 0.222 e. The third-order valence-corrected chi connectivity index (χ3v) is 3.92. The number of halogens is 1. The summed E-state index contributed by atoms with van der Waals surface area (Å²) < 4.78 is 12.8. The van der Waals surface area contributed by atoms with E-state index in [4.69, 9.17) is 0 Å². The van der Waals surface area contributed by atoms with Crippen molar-refractivity contribution >= 4 is 11.7 Å². The Balaban J connectivity index is 1.76. The first-order valence-corrected chi connectivity index (χ1v) is 7.28. The van der Waals surface area contributed by atoms with E-state index in [1.54, 1.807) is 19.2 Å². The number of Topliss-reactive ketones (excluding diaryl/α,β-unsaturated/α-hetero) is 1. The molecule has 1 aliphatic heterocycles. The Bertz CT molecular complexity index is 494. The van der Waals surface area contributed by atoms with Gasteiger partial charge in [-0.2, -0.15) is 0 Å². The van der Waals surface area contributed by atoms with Crippen molar-refractivity contribution in [1.82, 2.24) is 10.2 Å². The maximum absolute atomic E-state index is 12.8. The molecule has 0 spiro atoms. The lowest BCUT2D eigenvalue weighted by Crippen LogP contribution is -2.41. The van der Waals surface area contributed by atoms with E-state index in [-0.39, 0.29) is 23.4 Å². The molecule has 4 nitrogen and oxygen atoms in total. The second kappa shape index (κ2) is 7.31. The monoisotopic (exact) mass is 292 g/mol. The number of rotatable bonds is 5. The van der Waals surface area contributed by atoms with E-state index in [9.17, 15) is 14.0 Å². The second-order valence-electron chi connectivity index (χ2n) is 5.51. The summed E-state index contributed by atoms with van der Waals surface area (Å²) in [6.45, 7) is 1.94.